The molecule has 39 heavy (non-hydrogen) atoms. The van der Waals surface area contributed by atoms with E-state index in [1.54, 1.807) is 60.7 Å². The second-order valence-corrected chi connectivity index (χ2v) is 10.5. The van der Waals surface area contributed by atoms with E-state index in [-0.39, 0.29) is 27.8 Å². The summed E-state index contributed by atoms with van der Waals surface area (Å²) in [7, 11) is 0. The Hall–Kier alpha value is -4.26. The highest BCUT2D eigenvalue weighted by Gasteiger charge is 2.79. The van der Waals surface area contributed by atoms with Gasteiger partial charge in [-0.2, -0.15) is 0 Å². The molecule has 2 aliphatic carbocycles. The third-order valence-corrected chi connectivity index (χ3v) is 8.47. The van der Waals surface area contributed by atoms with Crippen LogP contribution in [0.15, 0.2) is 97.1 Å². The quantitative estimate of drug-likeness (QED) is 0.284. The molecule has 0 saturated carbocycles. The number of halogens is 2. The summed E-state index contributed by atoms with van der Waals surface area (Å²) >= 11 is 6.15. The number of carbonyl (C=O) groups excluding carboxylic acids is 4. The maximum Gasteiger partial charge on any atom is 0.204 e. The molecule has 0 bridgehead atoms. The van der Waals surface area contributed by atoms with Gasteiger partial charge in [0.1, 0.15) is 17.3 Å². The number of Topliss-reactive ketones (excluding diaryl/α,β-unsaturated/α-hetero) is 4. The molecule has 5 nitrogen and oxygen atoms in total. The number of ketones is 4. The SMILES string of the molecule is O=C1c2ccccc2C(=O)C12O[C@H](c1ccc(Cl)cc1)C1(C(=O)c3ccccc3C1=O)[C@@H]2c1ccc(F)cc1. The van der Waals surface area contributed by atoms with Crippen LogP contribution in [0, 0.1) is 11.2 Å². The lowest BCUT2D eigenvalue weighted by molar-refractivity contribution is -0.0210. The molecule has 4 aromatic carbocycles. The average Bonchev–Trinajstić information content (AvgIpc) is 3.48. The van der Waals surface area contributed by atoms with Crippen LogP contribution in [0.1, 0.15) is 64.6 Å². The molecule has 2 atom stereocenters. The topological polar surface area (TPSA) is 77.5 Å². The molecular formula is C32H18ClFO5. The lowest BCUT2D eigenvalue weighted by Crippen LogP contribution is -2.51. The zero-order valence-electron chi connectivity index (χ0n) is 20.2. The van der Waals surface area contributed by atoms with Gasteiger partial charge in [-0.25, -0.2) is 4.39 Å². The van der Waals surface area contributed by atoms with E-state index in [9.17, 15) is 23.6 Å². The molecule has 1 saturated heterocycles. The molecule has 2 spiro atoms. The van der Waals surface area contributed by atoms with Crippen LogP contribution in [0.25, 0.3) is 0 Å². The van der Waals surface area contributed by atoms with Gasteiger partial charge in [0.25, 0.3) is 0 Å². The monoisotopic (exact) mass is 536 g/mol. The fraction of sp³-hybridized carbons (Fsp3) is 0.125. The van der Waals surface area contributed by atoms with E-state index in [1.165, 1.54) is 36.4 Å². The van der Waals surface area contributed by atoms with Gasteiger partial charge in [0.15, 0.2) is 11.6 Å². The third kappa shape index (κ3) is 2.87. The molecule has 7 heteroatoms. The lowest BCUT2D eigenvalue weighted by Gasteiger charge is -2.34. The first-order valence-corrected chi connectivity index (χ1v) is 12.8. The Morgan fingerprint density at radius 3 is 1.51 bits per heavy atom. The Morgan fingerprint density at radius 1 is 0.590 bits per heavy atom. The third-order valence-electron chi connectivity index (χ3n) is 8.21. The highest BCUT2D eigenvalue weighted by atomic mass is 35.5. The normalized spacial score (nSPS) is 22.1. The fourth-order valence-electron chi connectivity index (χ4n) is 6.62. The molecular weight excluding hydrogens is 519 g/mol. The highest BCUT2D eigenvalue weighted by molar-refractivity contribution is 6.37. The van der Waals surface area contributed by atoms with Crippen LogP contribution < -0.4 is 0 Å². The predicted octanol–water partition coefficient (Wildman–Crippen LogP) is 6.22. The number of ether oxygens (including phenoxy) is 1. The van der Waals surface area contributed by atoms with Gasteiger partial charge >= 0.3 is 0 Å². The fourth-order valence-corrected chi connectivity index (χ4v) is 6.75. The van der Waals surface area contributed by atoms with Gasteiger partial charge in [0, 0.05) is 27.3 Å². The van der Waals surface area contributed by atoms with Crippen molar-refractivity contribution in [2.45, 2.75) is 17.6 Å². The van der Waals surface area contributed by atoms with E-state index in [0.717, 1.165) is 0 Å². The van der Waals surface area contributed by atoms with Crippen molar-refractivity contribution in [3.05, 3.63) is 141 Å². The molecule has 4 aromatic rings. The summed E-state index contributed by atoms with van der Waals surface area (Å²) in [6.45, 7) is 0. The zero-order valence-corrected chi connectivity index (χ0v) is 20.9. The molecule has 1 fully saturated rings. The average molecular weight is 537 g/mol. The molecule has 3 aliphatic rings. The van der Waals surface area contributed by atoms with Crippen molar-refractivity contribution < 1.29 is 28.3 Å². The van der Waals surface area contributed by atoms with E-state index >= 15 is 0 Å². The summed E-state index contributed by atoms with van der Waals surface area (Å²) in [5.74, 6) is -4.29. The second-order valence-electron chi connectivity index (χ2n) is 10.0. The summed E-state index contributed by atoms with van der Waals surface area (Å²) in [5.41, 5.74) is -2.88. The van der Waals surface area contributed by atoms with Crippen LogP contribution in [-0.2, 0) is 4.74 Å². The number of rotatable bonds is 2. The van der Waals surface area contributed by atoms with Gasteiger partial charge in [-0.15, -0.1) is 0 Å². The van der Waals surface area contributed by atoms with Crippen LogP contribution in [0.5, 0.6) is 0 Å². The maximum atomic E-state index is 14.5. The van der Waals surface area contributed by atoms with Gasteiger partial charge in [-0.1, -0.05) is 84.4 Å². The molecule has 190 valence electrons. The number of fused-ring (bicyclic) bond motifs is 2. The Kier molecular flexibility index (Phi) is 4.96. The van der Waals surface area contributed by atoms with Gasteiger partial charge in [0.2, 0.25) is 17.2 Å². The maximum absolute atomic E-state index is 14.5. The van der Waals surface area contributed by atoms with Gasteiger partial charge < -0.3 is 4.74 Å². The Bertz CT molecular complexity index is 1670. The molecule has 1 heterocycles. The minimum Gasteiger partial charge on any atom is -0.348 e. The largest absolute Gasteiger partial charge is 0.348 e. The predicted molar refractivity (Wildman–Crippen MR) is 140 cm³/mol. The summed E-state index contributed by atoms with van der Waals surface area (Å²) in [6.07, 6.45) is -1.31. The molecule has 0 unspecified atom stereocenters. The smallest absolute Gasteiger partial charge is 0.204 e. The summed E-state index contributed by atoms with van der Waals surface area (Å²) in [4.78, 5) is 57.6. The second kappa shape index (κ2) is 8.12. The zero-order chi connectivity index (χ0) is 27.1. The summed E-state index contributed by atoms with van der Waals surface area (Å²) in [6, 6.07) is 24.4. The van der Waals surface area contributed by atoms with Crippen molar-refractivity contribution in [2.24, 2.45) is 5.41 Å². The van der Waals surface area contributed by atoms with Crippen molar-refractivity contribution in [3.8, 4) is 0 Å². The van der Waals surface area contributed by atoms with E-state index in [0.29, 0.717) is 10.6 Å². The highest BCUT2D eigenvalue weighted by Crippen LogP contribution is 2.67. The molecule has 0 aromatic heterocycles. The summed E-state index contributed by atoms with van der Waals surface area (Å²) < 4.78 is 20.7. The van der Waals surface area contributed by atoms with Gasteiger partial charge in [-0.05, 0) is 35.4 Å². The van der Waals surface area contributed by atoms with Crippen molar-refractivity contribution in [1.82, 2.24) is 0 Å². The number of hydrogen-bond acceptors (Lipinski definition) is 5. The minimum absolute atomic E-state index is 0.150. The van der Waals surface area contributed by atoms with Crippen LogP contribution in [0.2, 0.25) is 5.02 Å². The first-order valence-electron chi connectivity index (χ1n) is 12.4. The first kappa shape index (κ1) is 23.8. The molecule has 7 rings (SSSR count). The van der Waals surface area contributed by atoms with Crippen LogP contribution >= 0.6 is 11.6 Å². The van der Waals surface area contributed by atoms with Crippen molar-refractivity contribution in [1.29, 1.82) is 0 Å². The number of hydrogen-bond donors (Lipinski definition) is 0. The molecule has 0 N–H and O–H groups in total. The Morgan fingerprint density at radius 2 is 1.03 bits per heavy atom. The van der Waals surface area contributed by atoms with Crippen LogP contribution in [0.4, 0.5) is 4.39 Å². The standard InChI is InChI=1S/C32H18ClFO5/c33-19-13-9-18(10-14-19)30-31(26(35)21-5-1-2-6-22(21)27(31)36)25(17-11-15-20(34)16-12-17)32(39-30)28(37)23-7-3-4-8-24(23)29(32)38/h1-16,25,30H/t25-,30+/m0/s1. The van der Waals surface area contributed by atoms with E-state index in [1.807, 2.05) is 0 Å². The van der Waals surface area contributed by atoms with Crippen LogP contribution in [-0.4, -0.2) is 28.7 Å². The first-order chi connectivity index (χ1) is 18.8. The van der Waals surface area contributed by atoms with E-state index in [4.69, 9.17) is 16.3 Å². The lowest BCUT2D eigenvalue weighted by atomic mass is 9.60. The number of carbonyl (C=O) groups is 4. The number of benzene rings is 4. The van der Waals surface area contributed by atoms with Crippen molar-refractivity contribution in [3.63, 3.8) is 0 Å². The molecule has 0 radical (unpaired) electrons. The van der Waals surface area contributed by atoms with Gasteiger partial charge in [0.05, 0.1) is 5.92 Å². The van der Waals surface area contributed by atoms with Crippen LogP contribution in [0.3, 0.4) is 0 Å². The van der Waals surface area contributed by atoms with E-state index < -0.39 is 52.0 Å². The van der Waals surface area contributed by atoms with Crippen molar-refractivity contribution >= 4 is 34.7 Å². The minimum atomic E-state index is -2.22. The molecule has 0 amide bonds. The van der Waals surface area contributed by atoms with Gasteiger partial charge in [-0.3, -0.25) is 19.2 Å². The molecule has 1 aliphatic heterocycles. The van der Waals surface area contributed by atoms with Crippen molar-refractivity contribution in [2.75, 3.05) is 0 Å². The van der Waals surface area contributed by atoms with E-state index in [2.05, 4.69) is 0 Å². The summed E-state index contributed by atoms with van der Waals surface area (Å²) in [5, 5.41) is 0.420. The Balaban J connectivity index is 1.59. The Labute approximate surface area is 227 Å².